The molecule has 3 heterocycles. The molecule has 0 amide bonds. The van der Waals surface area contributed by atoms with Crippen LogP contribution < -0.4 is 20.4 Å². The number of halogens is 2. The third kappa shape index (κ3) is 3.52. The molecule has 1 spiro atoms. The lowest BCUT2D eigenvalue weighted by atomic mass is 9.98. The van der Waals surface area contributed by atoms with Crippen LogP contribution in [0.4, 0.5) is 31.8 Å². The Labute approximate surface area is 189 Å². The van der Waals surface area contributed by atoms with E-state index in [0.29, 0.717) is 30.2 Å². The fraction of sp³-hybridized carbons (Fsp3) is 0.333. The van der Waals surface area contributed by atoms with Gasteiger partial charge in [-0.15, -0.1) is 0 Å². The minimum absolute atomic E-state index is 0.266. The Balaban J connectivity index is 1.29. The van der Waals surface area contributed by atoms with E-state index in [1.165, 1.54) is 36.9 Å². The number of hydrogen-bond donors (Lipinski definition) is 2. The van der Waals surface area contributed by atoms with Crippen molar-refractivity contribution in [2.45, 2.75) is 30.7 Å². The van der Waals surface area contributed by atoms with Crippen LogP contribution in [0.25, 0.3) is 0 Å². The quantitative estimate of drug-likeness (QED) is 0.575. The van der Waals surface area contributed by atoms with Gasteiger partial charge in [-0.2, -0.15) is 0 Å². The van der Waals surface area contributed by atoms with Crippen LogP contribution in [0.3, 0.4) is 0 Å². The van der Waals surface area contributed by atoms with Gasteiger partial charge in [-0.3, -0.25) is 4.84 Å². The highest BCUT2D eigenvalue weighted by Crippen LogP contribution is 2.56. The minimum atomic E-state index is -0.618. The summed E-state index contributed by atoms with van der Waals surface area (Å²) >= 11 is 0. The van der Waals surface area contributed by atoms with E-state index in [9.17, 15) is 8.78 Å². The van der Waals surface area contributed by atoms with E-state index >= 15 is 0 Å². The molecule has 2 aliphatic heterocycles. The molecule has 1 saturated carbocycles. The largest absolute Gasteiger partial charge is 0.495 e. The number of aromatic nitrogens is 2. The van der Waals surface area contributed by atoms with Crippen LogP contribution in [0.2, 0.25) is 0 Å². The van der Waals surface area contributed by atoms with E-state index in [-0.39, 0.29) is 11.5 Å². The molecule has 170 valence electrons. The second-order valence-corrected chi connectivity index (χ2v) is 8.78. The molecule has 1 aromatic heterocycles. The number of hydrogen-bond acceptors (Lipinski definition) is 7. The molecule has 3 aliphatic rings. The Hall–Kier alpha value is -3.46. The van der Waals surface area contributed by atoms with Crippen molar-refractivity contribution < 1.29 is 18.4 Å². The monoisotopic (exact) mass is 451 g/mol. The second kappa shape index (κ2) is 7.55. The number of nitrogens with zero attached hydrogens (tertiary/aromatic N) is 3. The highest BCUT2D eigenvalue weighted by molar-refractivity contribution is 5.76. The molecule has 9 heteroatoms. The lowest BCUT2D eigenvalue weighted by Crippen LogP contribution is -2.22. The fourth-order valence-electron chi connectivity index (χ4n) is 4.83. The smallest absolute Gasteiger partial charge is 0.158 e. The predicted molar refractivity (Wildman–Crippen MR) is 120 cm³/mol. The maximum Gasteiger partial charge on any atom is 0.158 e. The number of rotatable bonds is 5. The van der Waals surface area contributed by atoms with Crippen LogP contribution in [0.1, 0.15) is 36.4 Å². The van der Waals surface area contributed by atoms with Gasteiger partial charge in [0.15, 0.2) is 5.82 Å². The van der Waals surface area contributed by atoms with Crippen molar-refractivity contribution in [2.75, 3.05) is 36.0 Å². The summed E-state index contributed by atoms with van der Waals surface area (Å²) in [7, 11) is 1.65. The van der Waals surface area contributed by atoms with Crippen LogP contribution in [0.15, 0.2) is 42.7 Å². The molecule has 2 aromatic carbocycles. The van der Waals surface area contributed by atoms with E-state index in [4.69, 9.17) is 9.57 Å². The highest BCUT2D eigenvalue weighted by atomic mass is 19.1. The van der Waals surface area contributed by atoms with Crippen LogP contribution in [0, 0.1) is 11.6 Å². The van der Waals surface area contributed by atoms with Gasteiger partial charge in [0, 0.05) is 36.2 Å². The molecule has 33 heavy (non-hydrogen) atoms. The predicted octanol–water partition coefficient (Wildman–Crippen LogP) is 4.85. The standard InChI is InChI=1S/C24H23F2N5O2/c1-32-21-9-17-18(27-12-24(17)3-4-24)10-19(21)30-22-11-23(29-13-28-22)31-20(2-5-33-31)14-6-15(25)8-16(26)7-14/h6-11,13,20,27H,2-5,12H2,1H3,(H,28,29,30)/t20-/m1/s1. The summed E-state index contributed by atoms with van der Waals surface area (Å²) in [5.41, 5.74) is 3.97. The van der Waals surface area contributed by atoms with E-state index < -0.39 is 11.6 Å². The summed E-state index contributed by atoms with van der Waals surface area (Å²) < 4.78 is 33.2. The Morgan fingerprint density at radius 1 is 1.12 bits per heavy atom. The Morgan fingerprint density at radius 2 is 1.94 bits per heavy atom. The molecule has 1 atom stereocenters. The van der Waals surface area contributed by atoms with Crippen molar-refractivity contribution in [2.24, 2.45) is 0 Å². The first-order valence-electron chi connectivity index (χ1n) is 11.0. The highest BCUT2D eigenvalue weighted by Gasteiger charge is 2.49. The van der Waals surface area contributed by atoms with Crippen LogP contribution in [-0.4, -0.2) is 30.2 Å². The number of benzene rings is 2. The summed E-state index contributed by atoms with van der Waals surface area (Å²) in [4.78, 5) is 14.4. The summed E-state index contributed by atoms with van der Waals surface area (Å²) in [6.07, 6.45) is 4.41. The van der Waals surface area contributed by atoms with E-state index in [0.717, 1.165) is 29.7 Å². The van der Waals surface area contributed by atoms with Crippen LogP contribution >= 0.6 is 0 Å². The molecule has 2 fully saturated rings. The molecule has 6 rings (SSSR count). The number of methoxy groups -OCH3 is 1. The van der Waals surface area contributed by atoms with E-state index in [1.54, 1.807) is 18.2 Å². The van der Waals surface area contributed by atoms with Crippen molar-refractivity contribution in [1.29, 1.82) is 0 Å². The average molecular weight is 451 g/mol. The van der Waals surface area contributed by atoms with Gasteiger partial charge in [-0.1, -0.05) is 0 Å². The lowest BCUT2D eigenvalue weighted by molar-refractivity contribution is 0.156. The van der Waals surface area contributed by atoms with Gasteiger partial charge in [-0.25, -0.2) is 23.8 Å². The maximum absolute atomic E-state index is 13.8. The second-order valence-electron chi connectivity index (χ2n) is 8.78. The Bertz CT molecular complexity index is 1210. The first-order valence-corrected chi connectivity index (χ1v) is 11.0. The molecule has 0 radical (unpaired) electrons. The number of nitrogens with one attached hydrogen (secondary N) is 2. The fourth-order valence-corrected chi connectivity index (χ4v) is 4.83. The molecule has 2 N–H and O–H groups in total. The summed E-state index contributed by atoms with van der Waals surface area (Å²) in [5.74, 6) is 0.556. The van der Waals surface area contributed by atoms with Crippen molar-refractivity contribution in [3.63, 3.8) is 0 Å². The van der Waals surface area contributed by atoms with E-state index in [2.05, 4.69) is 26.7 Å². The van der Waals surface area contributed by atoms with Crippen molar-refractivity contribution >= 4 is 23.0 Å². The summed E-state index contributed by atoms with van der Waals surface area (Å²) in [6, 6.07) is 9.05. The normalized spacial score (nSPS) is 20.0. The minimum Gasteiger partial charge on any atom is -0.495 e. The third-order valence-electron chi connectivity index (χ3n) is 6.70. The molecular weight excluding hydrogens is 428 g/mol. The van der Waals surface area contributed by atoms with Gasteiger partial charge < -0.3 is 15.4 Å². The van der Waals surface area contributed by atoms with Crippen LogP contribution in [-0.2, 0) is 10.3 Å². The summed E-state index contributed by atoms with van der Waals surface area (Å²) in [6.45, 7) is 1.38. The van der Waals surface area contributed by atoms with Gasteiger partial charge >= 0.3 is 0 Å². The van der Waals surface area contributed by atoms with E-state index in [1.807, 2.05) is 6.07 Å². The maximum atomic E-state index is 13.8. The molecule has 7 nitrogen and oxygen atoms in total. The van der Waals surface area contributed by atoms with Gasteiger partial charge in [-0.05, 0) is 48.2 Å². The number of ether oxygens (including phenoxy) is 1. The number of anilines is 4. The van der Waals surface area contributed by atoms with Crippen molar-refractivity contribution in [3.05, 3.63) is 65.5 Å². The Kier molecular flexibility index (Phi) is 4.62. The molecule has 0 unspecified atom stereocenters. The molecule has 3 aromatic rings. The molecule has 1 aliphatic carbocycles. The SMILES string of the molecule is COc1cc2c(cc1Nc1cc(N3OCC[C@@H]3c3cc(F)cc(F)c3)ncn1)NCC21CC1. The van der Waals surface area contributed by atoms with Crippen LogP contribution in [0.5, 0.6) is 5.75 Å². The summed E-state index contributed by atoms with van der Waals surface area (Å²) in [5, 5.41) is 8.40. The topological polar surface area (TPSA) is 71.5 Å². The number of fused-ring (bicyclic) bond motifs is 2. The zero-order chi connectivity index (χ0) is 22.6. The van der Waals surface area contributed by atoms with Gasteiger partial charge in [0.25, 0.3) is 0 Å². The third-order valence-corrected chi connectivity index (χ3v) is 6.70. The van der Waals surface area contributed by atoms with Gasteiger partial charge in [0.1, 0.15) is 29.5 Å². The van der Waals surface area contributed by atoms with Gasteiger partial charge in [0.05, 0.1) is 25.4 Å². The van der Waals surface area contributed by atoms with Gasteiger partial charge in [0.2, 0.25) is 0 Å². The lowest BCUT2D eigenvalue weighted by Gasteiger charge is -2.24. The average Bonchev–Trinajstić information content (AvgIpc) is 3.27. The molecule has 1 saturated heterocycles. The molecule has 0 bridgehead atoms. The van der Waals surface area contributed by atoms with Crippen molar-refractivity contribution in [3.8, 4) is 5.75 Å². The zero-order valence-corrected chi connectivity index (χ0v) is 18.1. The zero-order valence-electron chi connectivity index (χ0n) is 18.1. The Morgan fingerprint density at radius 3 is 2.70 bits per heavy atom. The number of hydroxylamine groups is 1. The first-order chi connectivity index (χ1) is 16.0. The molecular formula is C24H23F2N5O2. The first kappa shape index (κ1) is 20.2. The van der Waals surface area contributed by atoms with Crippen molar-refractivity contribution in [1.82, 2.24) is 9.97 Å².